The second kappa shape index (κ2) is 13.5. The molecule has 0 radical (unpaired) electrons. The molecule has 18 atom stereocenters. The number of hydrogen-bond acceptors (Lipinski definition) is 11. The minimum atomic E-state index is -0.966. The van der Waals surface area contributed by atoms with Crippen molar-refractivity contribution in [3.05, 3.63) is 24.3 Å². The maximum Gasteiger partial charge on any atom is 0.306 e. The molecule has 1 N–H and O–H groups in total. The average Bonchev–Trinajstić information content (AvgIpc) is 3.76. The van der Waals surface area contributed by atoms with Gasteiger partial charge in [-0.15, -0.1) is 0 Å². The van der Waals surface area contributed by atoms with Crippen LogP contribution in [0.5, 0.6) is 0 Å². The molecule has 10 fully saturated rings. The summed E-state index contributed by atoms with van der Waals surface area (Å²) < 4.78 is 59.4. The molecule has 1 spiro atoms. The van der Waals surface area contributed by atoms with E-state index in [9.17, 15) is 14.7 Å². The molecule has 10 aliphatic heterocycles. The Balaban J connectivity index is 0.997. The zero-order valence-electron chi connectivity index (χ0n) is 29.9. The van der Waals surface area contributed by atoms with E-state index in [-0.39, 0.29) is 110 Å². The number of hydrogen-bond donors (Lipinski definition) is 1. The van der Waals surface area contributed by atoms with Gasteiger partial charge in [-0.05, 0) is 62.0 Å². The lowest BCUT2D eigenvalue weighted by Crippen LogP contribution is -2.61. The molecular formula is C39H54O12. The molecule has 12 bridgehead atoms. The number of ether oxygens (including phenoxy) is 9. The fourth-order valence-electron chi connectivity index (χ4n) is 11.1. The topological polar surface area (TPSA) is 137 Å². The lowest BCUT2D eigenvalue weighted by molar-refractivity contribution is -0.292. The standard InChI is InChI=1S/C39H54O12/c1-18-11-22-5-7-26-19(2)12-24(44-26)9-10-39-17-31-35(50-39)36-37(49-31)38(51-39)34-27(48-36)8-6-23(46-34)13-21(40)14-25-29(15-28(45-22)20(18)3)47-30(16-32(41)42)33(25)43-4/h18,22-31,33-38H,2-3,5-17H2,1,4H3,(H,41,42)/t18-,22?,23-,24?,25?,26+,27+,28-,29+,30-,31?,33-,34+,35+,36+,37-,38+,39+/m1/s1. The Labute approximate surface area is 299 Å². The Morgan fingerprint density at radius 2 is 1.53 bits per heavy atom. The second-order valence-corrected chi connectivity index (χ2v) is 16.9. The third-order valence-electron chi connectivity index (χ3n) is 13.6. The van der Waals surface area contributed by atoms with Crippen molar-refractivity contribution < 1.29 is 57.3 Å². The molecule has 0 aromatic carbocycles. The van der Waals surface area contributed by atoms with Crippen LogP contribution in [0, 0.1) is 11.8 Å². The quantitative estimate of drug-likeness (QED) is 0.420. The van der Waals surface area contributed by atoms with E-state index in [1.807, 2.05) is 0 Å². The van der Waals surface area contributed by atoms with Crippen molar-refractivity contribution in [1.82, 2.24) is 0 Å². The number of carboxylic acid groups (broad SMARTS) is 1. The summed E-state index contributed by atoms with van der Waals surface area (Å²) in [7, 11) is 1.57. The minimum absolute atomic E-state index is 0.00807. The van der Waals surface area contributed by atoms with Crippen LogP contribution in [0.25, 0.3) is 0 Å². The van der Waals surface area contributed by atoms with Gasteiger partial charge in [0.05, 0.1) is 67.5 Å². The highest BCUT2D eigenvalue weighted by atomic mass is 16.8. The molecule has 0 aromatic heterocycles. The molecule has 12 heteroatoms. The van der Waals surface area contributed by atoms with Gasteiger partial charge in [-0.2, -0.15) is 0 Å². The number of carbonyl (C=O) groups is 2. The van der Waals surface area contributed by atoms with Crippen LogP contribution in [0.3, 0.4) is 0 Å². The zero-order chi connectivity index (χ0) is 35.2. The van der Waals surface area contributed by atoms with Gasteiger partial charge in [0.25, 0.3) is 0 Å². The monoisotopic (exact) mass is 714 g/mol. The van der Waals surface area contributed by atoms with E-state index in [4.69, 9.17) is 42.6 Å². The number of methoxy groups -OCH3 is 1. The molecule has 10 saturated heterocycles. The first-order valence-electron chi connectivity index (χ1n) is 19.5. The third-order valence-corrected chi connectivity index (χ3v) is 13.6. The summed E-state index contributed by atoms with van der Waals surface area (Å²) in [6.45, 7) is 11.0. The Morgan fingerprint density at radius 1 is 0.784 bits per heavy atom. The van der Waals surface area contributed by atoms with E-state index >= 15 is 0 Å². The molecule has 10 heterocycles. The van der Waals surface area contributed by atoms with E-state index < -0.39 is 30.1 Å². The van der Waals surface area contributed by atoms with Gasteiger partial charge in [0, 0.05) is 45.1 Å². The summed E-state index contributed by atoms with van der Waals surface area (Å²) in [4.78, 5) is 25.8. The van der Waals surface area contributed by atoms with Crippen molar-refractivity contribution in [3.8, 4) is 0 Å². The van der Waals surface area contributed by atoms with Crippen LogP contribution in [0.1, 0.15) is 90.4 Å². The summed E-state index contributed by atoms with van der Waals surface area (Å²) in [5.41, 5.74) is 2.13. The highest BCUT2D eigenvalue weighted by Crippen LogP contribution is 2.54. The molecule has 0 aromatic rings. The van der Waals surface area contributed by atoms with E-state index in [0.717, 1.165) is 49.7 Å². The lowest BCUT2D eigenvalue weighted by Gasteiger charge is -2.47. The van der Waals surface area contributed by atoms with Crippen LogP contribution < -0.4 is 0 Å². The minimum Gasteiger partial charge on any atom is -0.481 e. The van der Waals surface area contributed by atoms with Crippen LogP contribution in [0.2, 0.25) is 0 Å². The molecule has 282 valence electrons. The molecule has 10 aliphatic rings. The van der Waals surface area contributed by atoms with Crippen LogP contribution in [0.4, 0.5) is 0 Å². The largest absolute Gasteiger partial charge is 0.481 e. The van der Waals surface area contributed by atoms with E-state index in [0.29, 0.717) is 25.7 Å². The zero-order valence-corrected chi connectivity index (χ0v) is 29.9. The number of Topliss-reactive ketones (excluding diaryl/α,β-unsaturated/α-hetero) is 1. The summed E-state index contributed by atoms with van der Waals surface area (Å²) in [6, 6.07) is 0. The molecule has 0 saturated carbocycles. The highest BCUT2D eigenvalue weighted by molar-refractivity contribution is 5.79. The fourth-order valence-corrected chi connectivity index (χ4v) is 11.1. The molecule has 0 aliphatic carbocycles. The fraction of sp³-hybridized carbons (Fsp3) is 0.846. The van der Waals surface area contributed by atoms with Crippen LogP contribution in [-0.4, -0.2) is 121 Å². The summed E-state index contributed by atoms with van der Waals surface area (Å²) in [5.74, 6) is -1.81. The first-order valence-corrected chi connectivity index (χ1v) is 19.5. The van der Waals surface area contributed by atoms with Crippen molar-refractivity contribution in [3.63, 3.8) is 0 Å². The molecule has 51 heavy (non-hydrogen) atoms. The number of ketones is 1. The van der Waals surface area contributed by atoms with Crippen LogP contribution in [0.15, 0.2) is 24.3 Å². The lowest BCUT2D eigenvalue weighted by atomic mass is 9.81. The number of aliphatic carboxylic acids is 1. The Morgan fingerprint density at radius 3 is 2.35 bits per heavy atom. The van der Waals surface area contributed by atoms with Crippen molar-refractivity contribution in [2.75, 3.05) is 7.11 Å². The maximum absolute atomic E-state index is 14.0. The van der Waals surface area contributed by atoms with Crippen LogP contribution in [-0.2, 0) is 52.2 Å². The van der Waals surface area contributed by atoms with Gasteiger partial charge in [-0.3, -0.25) is 9.59 Å². The number of rotatable bonds is 3. The summed E-state index contributed by atoms with van der Waals surface area (Å²) in [5, 5.41) is 9.72. The van der Waals surface area contributed by atoms with Gasteiger partial charge in [0.1, 0.15) is 36.3 Å². The second-order valence-electron chi connectivity index (χ2n) is 16.9. The van der Waals surface area contributed by atoms with Gasteiger partial charge >= 0.3 is 5.97 Å². The van der Waals surface area contributed by atoms with Gasteiger partial charge < -0.3 is 47.7 Å². The SMILES string of the molecule is C=C1CC2CC[C@@]34CC5O[C@H]6[C@@H](O3)[C@H]3O[C@H](CC[C@@H]3O[C@H]6[C@H]5O4)CC(=O)CC3[C@H](C[C@H]4OC(CC[C@@H]1O2)C[C@@H](C)C4=C)O[C@H](CC(=O)O)[C@@H]3OC. The predicted molar refractivity (Wildman–Crippen MR) is 179 cm³/mol. The molecule has 12 nitrogen and oxygen atoms in total. The van der Waals surface area contributed by atoms with E-state index in [2.05, 4.69) is 20.1 Å². The van der Waals surface area contributed by atoms with Crippen molar-refractivity contribution >= 4 is 11.8 Å². The predicted octanol–water partition coefficient (Wildman–Crippen LogP) is 4.20. The van der Waals surface area contributed by atoms with Gasteiger partial charge in [0.2, 0.25) is 0 Å². The number of carbonyl (C=O) groups excluding carboxylic acids is 1. The third kappa shape index (κ3) is 6.38. The molecular weight excluding hydrogens is 660 g/mol. The van der Waals surface area contributed by atoms with Crippen molar-refractivity contribution in [2.45, 2.75) is 188 Å². The Bertz CT molecular complexity index is 1400. The van der Waals surface area contributed by atoms with Crippen molar-refractivity contribution in [1.29, 1.82) is 0 Å². The Kier molecular flexibility index (Phi) is 9.28. The smallest absolute Gasteiger partial charge is 0.306 e. The Hall–Kier alpha value is -1.74. The van der Waals surface area contributed by atoms with Crippen LogP contribution >= 0.6 is 0 Å². The normalized spacial score (nSPS) is 52.4. The highest BCUT2D eigenvalue weighted by Gasteiger charge is 2.68. The molecule has 10 rings (SSSR count). The maximum atomic E-state index is 14.0. The van der Waals surface area contributed by atoms with Gasteiger partial charge in [0.15, 0.2) is 5.79 Å². The summed E-state index contributed by atoms with van der Waals surface area (Å²) in [6.07, 6.45) is 3.77. The molecule has 4 unspecified atom stereocenters. The van der Waals surface area contributed by atoms with E-state index in [1.54, 1.807) is 7.11 Å². The van der Waals surface area contributed by atoms with E-state index in [1.165, 1.54) is 0 Å². The molecule has 0 amide bonds. The summed E-state index contributed by atoms with van der Waals surface area (Å²) >= 11 is 0. The first kappa shape index (κ1) is 35.0. The van der Waals surface area contributed by atoms with Gasteiger partial charge in [-0.1, -0.05) is 20.1 Å². The number of fused-ring (bicyclic) bond motifs is 6. The first-order chi connectivity index (χ1) is 24.6. The average molecular weight is 715 g/mol. The van der Waals surface area contributed by atoms with Crippen molar-refractivity contribution in [2.24, 2.45) is 11.8 Å². The number of carboxylic acids is 1. The van der Waals surface area contributed by atoms with Gasteiger partial charge in [-0.25, -0.2) is 0 Å².